The van der Waals surface area contributed by atoms with Crippen molar-refractivity contribution in [3.05, 3.63) is 35.2 Å². The summed E-state index contributed by atoms with van der Waals surface area (Å²) >= 11 is 9.13. The number of rotatable bonds is 7. The maximum absolute atomic E-state index is 12.9. The van der Waals surface area contributed by atoms with E-state index in [2.05, 4.69) is 24.9 Å². The summed E-state index contributed by atoms with van der Waals surface area (Å²) in [6, 6.07) is 1.90. The minimum atomic E-state index is -4.55. The molecule has 1 aliphatic heterocycles. The first-order chi connectivity index (χ1) is 13.8. The van der Waals surface area contributed by atoms with Crippen LogP contribution in [-0.4, -0.2) is 62.2 Å². The van der Waals surface area contributed by atoms with Crippen LogP contribution in [0.2, 0.25) is 5.02 Å². The molecule has 1 radical (unpaired) electrons. The third-order valence-electron chi connectivity index (χ3n) is 4.48. The molecule has 0 spiro atoms. The summed E-state index contributed by atoms with van der Waals surface area (Å²) in [5.74, 6) is 0.896. The van der Waals surface area contributed by atoms with Gasteiger partial charge in [0.1, 0.15) is 5.82 Å². The van der Waals surface area contributed by atoms with Crippen molar-refractivity contribution in [1.29, 1.82) is 0 Å². The average Bonchev–Trinajstić information content (AvgIpc) is 3.00. The van der Waals surface area contributed by atoms with Crippen molar-refractivity contribution in [1.82, 2.24) is 24.6 Å². The molecule has 0 unspecified atom stereocenters. The SMILES string of the molecule is CSCSc1nccc(N2CCN([CH]Cn3nc(C(F)(F)F)c(Cl)c3C)CC2)n1. The Morgan fingerprint density at radius 3 is 2.59 bits per heavy atom. The highest BCUT2D eigenvalue weighted by Gasteiger charge is 2.38. The molecule has 0 saturated carbocycles. The van der Waals surface area contributed by atoms with Crippen LogP contribution in [0.1, 0.15) is 11.4 Å². The monoisotopic (exact) mass is 465 g/mol. The van der Waals surface area contributed by atoms with Gasteiger partial charge in [0.2, 0.25) is 0 Å². The van der Waals surface area contributed by atoms with E-state index in [1.54, 1.807) is 29.7 Å². The van der Waals surface area contributed by atoms with Gasteiger partial charge in [0.05, 0.1) is 17.3 Å². The van der Waals surface area contributed by atoms with Crippen molar-refractivity contribution in [2.75, 3.05) is 42.4 Å². The van der Waals surface area contributed by atoms with Gasteiger partial charge in [-0.05, 0) is 19.2 Å². The summed E-state index contributed by atoms with van der Waals surface area (Å²) in [6.45, 7) is 6.69. The van der Waals surface area contributed by atoms with Gasteiger partial charge in [-0.1, -0.05) is 23.4 Å². The first kappa shape index (κ1) is 22.5. The van der Waals surface area contributed by atoms with Gasteiger partial charge in [0.15, 0.2) is 10.9 Å². The fourth-order valence-corrected chi connectivity index (χ4v) is 4.33. The molecule has 12 heteroatoms. The topological polar surface area (TPSA) is 50.1 Å². The third kappa shape index (κ3) is 5.71. The van der Waals surface area contributed by atoms with Crippen LogP contribution in [-0.2, 0) is 12.7 Å². The molecule has 1 fully saturated rings. The fourth-order valence-electron chi connectivity index (χ4n) is 2.90. The quantitative estimate of drug-likeness (QED) is 0.347. The number of hydrogen-bond acceptors (Lipinski definition) is 7. The first-order valence-electron chi connectivity index (χ1n) is 8.87. The summed E-state index contributed by atoms with van der Waals surface area (Å²) in [7, 11) is 0. The second-order valence-corrected chi connectivity index (χ2v) is 8.93. The standard InChI is InChI=1S/C17H21ClF3N6S2/c1-12-14(18)15(17(19,20)21)24-27(12)10-7-25-5-8-26(9-6-25)13-3-4-22-16(23-13)29-11-28-2/h3-4,7H,5-6,8-11H2,1-2H3. The Morgan fingerprint density at radius 2 is 1.97 bits per heavy atom. The Hall–Kier alpha value is -1.17. The maximum atomic E-state index is 12.9. The number of anilines is 1. The molecule has 0 aliphatic carbocycles. The highest BCUT2D eigenvalue weighted by atomic mass is 35.5. The van der Waals surface area contributed by atoms with Crippen LogP contribution < -0.4 is 4.90 Å². The second-order valence-electron chi connectivity index (χ2n) is 6.38. The molecule has 29 heavy (non-hydrogen) atoms. The number of aromatic nitrogens is 4. The molecule has 3 rings (SSSR count). The van der Waals surface area contributed by atoms with E-state index in [9.17, 15) is 13.2 Å². The number of piperazine rings is 1. The minimum absolute atomic E-state index is 0.241. The molecule has 6 nitrogen and oxygen atoms in total. The number of hydrogen-bond donors (Lipinski definition) is 0. The van der Waals surface area contributed by atoms with Gasteiger partial charge < -0.3 is 4.90 Å². The molecule has 0 aromatic carbocycles. The molecule has 2 aromatic heterocycles. The van der Waals surface area contributed by atoms with Gasteiger partial charge in [-0.2, -0.15) is 30.0 Å². The fraction of sp³-hybridized carbons (Fsp3) is 0.529. The van der Waals surface area contributed by atoms with Crippen molar-refractivity contribution in [2.45, 2.75) is 24.8 Å². The van der Waals surface area contributed by atoms with E-state index in [1.165, 1.54) is 11.6 Å². The van der Waals surface area contributed by atoms with Gasteiger partial charge in [0, 0.05) is 44.0 Å². The van der Waals surface area contributed by atoms with Crippen LogP contribution in [0.15, 0.2) is 17.4 Å². The molecule has 0 atom stereocenters. The summed E-state index contributed by atoms with van der Waals surface area (Å²) in [4.78, 5) is 13.2. The van der Waals surface area contributed by atoms with Crippen molar-refractivity contribution in [2.24, 2.45) is 0 Å². The van der Waals surface area contributed by atoms with Gasteiger partial charge in [-0.15, -0.1) is 0 Å². The van der Waals surface area contributed by atoms with Crippen molar-refractivity contribution in [3.63, 3.8) is 0 Å². The Kier molecular flexibility index (Phi) is 7.58. The lowest BCUT2D eigenvalue weighted by Crippen LogP contribution is -2.46. The Morgan fingerprint density at radius 1 is 1.24 bits per heavy atom. The normalized spacial score (nSPS) is 15.9. The summed E-state index contributed by atoms with van der Waals surface area (Å²) in [5, 5.41) is 4.96. The second kappa shape index (κ2) is 9.76. The average molecular weight is 466 g/mol. The van der Waals surface area contributed by atoms with E-state index in [0.717, 1.165) is 42.2 Å². The van der Waals surface area contributed by atoms with Crippen LogP contribution in [0.25, 0.3) is 0 Å². The molecule has 1 saturated heterocycles. The molecule has 2 aromatic rings. The van der Waals surface area contributed by atoms with E-state index in [-0.39, 0.29) is 11.6 Å². The zero-order chi connectivity index (χ0) is 21.0. The maximum Gasteiger partial charge on any atom is 0.436 e. The number of nitrogens with zero attached hydrogens (tertiary/aromatic N) is 6. The van der Waals surface area contributed by atoms with Gasteiger partial charge in [-0.25, -0.2) is 9.97 Å². The largest absolute Gasteiger partial charge is 0.436 e. The number of thioether (sulfide) groups is 2. The van der Waals surface area contributed by atoms with E-state index in [0.29, 0.717) is 5.69 Å². The van der Waals surface area contributed by atoms with Gasteiger partial charge >= 0.3 is 6.18 Å². The van der Waals surface area contributed by atoms with Crippen LogP contribution in [0.4, 0.5) is 19.0 Å². The van der Waals surface area contributed by atoms with Crippen molar-refractivity contribution < 1.29 is 13.2 Å². The molecular formula is C17H21ClF3N6S2. The molecule has 159 valence electrons. The predicted octanol–water partition coefficient (Wildman–Crippen LogP) is 4.05. The van der Waals surface area contributed by atoms with Gasteiger partial charge in [-0.3, -0.25) is 9.58 Å². The zero-order valence-corrected chi connectivity index (χ0v) is 18.4. The highest BCUT2D eigenvalue weighted by molar-refractivity contribution is 8.15. The lowest BCUT2D eigenvalue weighted by atomic mass is 10.3. The zero-order valence-electron chi connectivity index (χ0n) is 16.0. The molecule has 0 bridgehead atoms. The third-order valence-corrected chi connectivity index (χ3v) is 6.80. The van der Waals surface area contributed by atoms with Crippen molar-refractivity contribution in [3.8, 4) is 0 Å². The summed E-state index contributed by atoms with van der Waals surface area (Å²) in [5.41, 5.74) is -0.723. The van der Waals surface area contributed by atoms with Crippen LogP contribution in [0, 0.1) is 13.5 Å². The number of alkyl halides is 3. The minimum Gasteiger partial charge on any atom is -0.354 e. The summed E-state index contributed by atoms with van der Waals surface area (Å²) < 4.78 is 40.1. The Bertz CT molecular complexity index is 824. The lowest BCUT2D eigenvalue weighted by Gasteiger charge is -2.35. The predicted molar refractivity (Wildman–Crippen MR) is 111 cm³/mol. The van der Waals surface area contributed by atoms with E-state index in [4.69, 9.17) is 11.6 Å². The van der Waals surface area contributed by atoms with Crippen molar-refractivity contribution >= 4 is 40.9 Å². The van der Waals surface area contributed by atoms with Gasteiger partial charge in [0.25, 0.3) is 0 Å². The van der Waals surface area contributed by atoms with E-state index < -0.39 is 11.9 Å². The summed E-state index contributed by atoms with van der Waals surface area (Å²) in [6.07, 6.45) is -0.746. The van der Waals surface area contributed by atoms with Crippen LogP contribution in [0.3, 0.4) is 0 Å². The lowest BCUT2D eigenvalue weighted by molar-refractivity contribution is -0.141. The molecule has 3 heterocycles. The highest BCUT2D eigenvalue weighted by Crippen LogP contribution is 2.35. The Balaban J connectivity index is 1.53. The molecular weight excluding hydrogens is 445 g/mol. The van der Waals surface area contributed by atoms with E-state index in [1.807, 2.05) is 18.9 Å². The Labute approximate surface area is 181 Å². The van der Waals surface area contributed by atoms with Crippen LogP contribution in [0.5, 0.6) is 0 Å². The number of halogens is 4. The first-order valence-corrected chi connectivity index (χ1v) is 11.6. The van der Waals surface area contributed by atoms with E-state index >= 15 is 0 Å². The molecule has 1 aliphatic rings. The molecule has 0 N–H and O–H groups in total. The van der Waals surface area contributed by atoms with Crippen LogP contribution >= 0.6 is 35.1 Å². The smallest absolute Gasteiger partial charge is 0.354 e. The molecule has 0 amide bonds.